The number of carbonyl (C=O) groups excluding carboxylic acids is 1. The van der Waals surface area contributed by atoms with Gasteiger partial charge in [-0.15, -0.1) is 0 Å². The Balaban J connectivity index is 2.76. The van der Waals surface area contributed by atoms with Crippen molar-refractivity contribution in [2.75, 3.05) is 0 Å². The molecule has 0 aromatic carbocycles. The van der Waals surface area contributed by atoms with E-state index in [-0.39, 0.29) is 0 Å². The molecule has 0 heterocycles. The van der Waals surface area contributed by atoms with Gasteiger partial charge in [0.15, 0.2) is 0 Å². The van der Waals surface area contributed by atoms with Crippen LogP contribution >= 0.6 is 0 Å². The fourth-order valence-corrected chi connectivity index (χ4v) is 3.45. The van der Waals surface area contributed by atoms with Crippen molar-refractivity contribution in [2.24, 2.45) is 22.7 Å². The molecule has 0 N–H and O–H groups in total. The zero-order chi connectivity index (χ0) is 12.6. The van der Waals surface area contributed by atoms with E-state index in [0.717, 1.165) is 24.7 Å². The van der Waals surface area contributed by atoms with Crippen LogP contribution < -0.4 is 0 Å². The Morgan fingerprint density at radius 2 is 1.88 bits per heavy atom. The number of hydrogen-bond donors (Lipinski definition) is 0. The second-order valence-corrected chi connectivity index (χ2v) is 7.35. The van der Waals surface area contributed by atoms with Crippen molar-refractivity contribution in [3.63, 3.8) is 0 Å². The fraction of sp³-hybridized carbons (Fsp3) is 0.933. The average molecular weight is 224 g/mol. The third-order valence-corrected chi connectivity index (χ3v) is 4.51. The number of hydrogen-bond acceptors (Lipinski definition) is 1. The lowest BCUT2D eigenvalue weighted by Crippen LogP contribution is -2.30. The highest BCUT2D eigenvalue weighted by Crippen LogP contribution is 2.54. The first-order valence-corrected chi connectivity index (χ1v) is 6.64. The van der Waals surface area contributed by atoms with E-state index in [0.29, 0.717) is 16.6 Å². The second kappa shape index (κ2) is 4.50. The average Bonchev–Trinajstić information content (AvgIpc) is 2.36. The molecule has 0 aromatic heterocycles. The van der Waals surface area contributed by atoms with Gasteiger partial charge in [0.05, 0.1) is 0 Å². The van der Waals surface area contributed by atoms with Gasteiger partial charge < -0.3 is 4.79 Å². The smallest absolute Gasteiger partial charge is 0.129 e. The van der Waals surface area contributed by atoms with Gasteiger partial charge in [-0.25, -0.2) is 0 Å². The lowest BCUT2D eigenvalue weighted by atomic mass is 9.68. The Hall–Kier alpha value is -0.330. The zero-order valence-corrected chi connectivity index (χ0v) is 11.9. The van der Waals surface area contributed by atoms with E-state index in [9.17, 15) is 4.79 Å². The maximum absolute atomic E-state index is 11.2. The van der Waals surface area contributed by atoms with E-state index in [2.05, 4.69) is 34.6 Å². The van der Waals surface area contributed by atoms with Crippen molar-refractivity contribution < 1.29 is 4.79 Å². The molecule has 1 rings (SSSR count). The van der Waals surface area contributed by atoms with Crippen LogP contribution in [0.2, 0.25) is 0 Å². The molecular formula is C15H28O. The van der Waals surface area contributed by atoms with Gasteiger partial charge in [-0.1, -0.05) is 34.6 Å². The molecule has 1 saturated carbocycles. The minimum absolute atomic E-state index is 0.343. The van der Waals surface area contributed by atoms with Gasteiger partial charge in [-0.3, -0.25) is 0 Å². The summed E-state index contributed by atoms with van der Waals surface area (Å²) in [5.74, 6) is 1.84. The first-order chi connectivity index (χ1) is 7.14. The molecule has 1 aliphatic carbocycles. The molecule has 0 bridgehead atoms. The predicted molar refractivity (Wildman–Crippen MR) is 69.4 cm³/mol. The predicted octanol–water partition coefficient (Wildman–Crippen LogP) is 4.45. The van der Waals surface area contributed by atoms with E-state index in [1.807, 2.05) is 0 Å². The highest BCUT2D eigenvalue weighted by Gasteiger charge is 2.45. The van der Waals surface area contributed by atoms with Crippen LogP contribution in [0, 0.1) is 22.7 Å². The summed E-state index contributed by atoms with van der Waals surface area (Å²) in [6, 6.07) is 0. The molecule has 0 amide bonds. The standard InChI is InChI=1S/C15H28O/c1-11(16)7-8-13-12(14(2,3)4)9-10-15(13,5)6/h12-13H,7-10H2,1-6H3/t12-,13-/m1/s1. The molecule has 0 radical (unpaired) electrons. The molecule has 1 fully saturated rings. The van der Waals surface area contributed by atoms with Crippen molar-refractivity contribution in [2.45, 2.75) is 67.2 Å². The molecule has 16 heavy (non-hydrogen) atoms. The van der Waals surface area contributed by atoms with Crippen LogP contribution in [0.3, 0.4) is 0 Å². The minimum atomic E-state index is 0.343. The highest BCUT2D eigenvalue weighted by atomic mass is 16.1. The highest BCUT2D eigenvalue weighted by molar-refractivity contribution is 5.75. The van der Waals surface area contributed by atoms with E-state index < -0.39 is 0 Å². The quantitative estimate of drug-likeness (QED) is 0.692. The number of Topliss-reactive ketones (excluding diaryl/α,β-unsaturated/α-hetero) is 1. The Labute approximate surface area is 101 Å². The zero-order valence-electron chi connectivity index (χ0n) is 11.9. The molecule has 1 heteroatoms. The molecule has 0 aliphatic heterocycles. The maximum Gasteiger partial charge on any atom is 0.129 e. The van der Waals surface area contributed by atoms with Crippen molar-refractivity contribution in [3.05, 3.63) is 0 Å². The number of carbonyl (C=O) groups is 1. The molecule has 2 atom stereocenters. The molecule has 0 unspecified atom stereocenters. The molecule has 94 valence electrons. The van der Waals surface area contributed by atoms with Crippen LogP contribution in [0.4, 0.5) is 0 Å². The van der Waals surface area contributed by atoms with Crippen LogP contribution in [-0.2, 0) is 4.79 Å². The fourth-order valence-electron chi connectivity index (χ4n) is 3.45. The van der Waals surface area contributed by atoms with Crippen LogP contribution in [-0.4, -0.2) is 5.78 Å². The Morgan fingerprint density at radius 3 is 2.31 bits per heavy atom. The van der Waals surface area contributed by atoms with Gasteiger partial charge in [-0.05, 0) is 48.9 Å². The lowest BCUT2D eigenvalue weighted by molar-refractivity contribution is -0.117. The summed E-state index contributed by atoms with van der Waals surface area (Å²) in [5, 5.41) is 0. The van der Waals surface area contributed by atoms with Crippen LogP contribution in [0.5, 0.6) is 0 Å². The molecule has 0 spiro atoms. The summed E-state index contributed by atoms with van der Waals surface area (Å²) in [6.45, 7) is 13.5. The van der Waals surface area contributed by atoms with Crippen LogP contribution in [0.25, 0.3) is 0 Å². The second-order valence-electron chi connectivity index (χ2n) is 7.35. The summed E-state index contributed by atoms with van der Waals surface area (Å²) >= 11 is 0. The SMILES string of the molecule is CC(=O)CC[C@@H]1[C@H](C(C)(C)C)CCC1(C)C. The van der Waals surface area contributed by atoms with Gasteiger partial charge in [0, 0.05) is 6.42 Å². The largest absolute Gasteiger partial charge is 0.300 e. The monoisotopic (exact) mass is 224 g/mol. The van der Waals surface area contributed by atoms with Crippen molar-refractivity contribution in [3.8, 4) is 0 Å². The van der Waals surface area contributed by atoms with E-state index in [1.54, 1.807) is 6.92 Å². The van der Waals surface area contributed by atoms with Gasteiger partial charge in [0.2, 0.25) is 0 Å². The minimum Gasteiger partial charge on any atom is -0.300 e. The van der Waals surface area contributed by atoms with Crippen molar-refractivity contribution >= 4 is 5.78 Å². The van der Waals surface area contributed by atoms with E-state index >= 15 is 0 Å². The first kappa shape index (κ1) is 13.7. The van der Waals surface area contributed by atoms with E-state index in [4.69, 9.17) is 0 Å². The van der Waals surface area contributed by atoms with Gasteiger partial charge >= 0.3 is 0 Å². The number of ketones is 1. The van der Waals surface area contributed by atoms with Crippen molar-refractivity contribution in [1.82, 2.24) is 0 Å². The van der Waals surface area contributed by atoms with Gasteiger partial charge in [-0.2, -0.15) is 0 Å². The Kier molecular flexibility index (Phi) is 3.87. The van der Waals surface area contributed by atoms with Crippen LogP contribution in [0.1, 0.15) is 67.2 Å². The summed E-state index contributed by atoms with van der Waals surface area (Å²) in [4.78, 5) is 11.2. The van der Waals surface area contributed by atoms with Crippen molar-refractivity contribution in [1.29, 1.82) is 0 Å². The Bertz CT molecular complexity index is 257. The maximum atomic E-state index is 11.2. The Morgan fingerprint density at radius 1 is 1.31 bits per heavy atom. The third-order valence-electron chi connectivity index (χ3n) is 4.51. The molecular weight excluding hydrogens is 196 g/mol. The normalized spacial score (nSPS) is 29.4. The summed E-state index contributed by atoms with van der Waals surface area (Å²) in [7, 11) is 0. The molecule has 1 aliphatic rings. The molecule has 0 saturated heterocycles. The summed E-state index contributed by atoms with van der Waals surface area (Å²) < 4.78 is 0. The van der Waals surface area contributed by atoms with E-state index in [1.165, 1.54) is 12.8 Å². The summed E-state index contributed by atoms with van der Waals surface area (Å²) in [6.07, 6.45) is 4.50. The van der Waals surface area contributed by atoms with Gasteiger partial charge in [0.25, 0.3) is 0 Å². The number of rotatable bonds is 3. The topological polar surface area (TPSA) is 17.1 Å². The summed E-state index contributed by atoms with van der Waals surface area (Å²) in [5.41, 5.74) is 0.808. The molecule has 0 aromatic rings. The van der Waals surface area contributed by atoms with Crippen LogP contribution in [0.15, 0.2) is 0 Å². The first-order valence-electron chi connectivity index (χ1n) is 6.64. The molecule has 1 nitrogen and oxygen atoms in total. The van der Waals surface area contributed by atoms with Gasteiger partial charge in [0.1, 0.15) is 5.78 Å². The third kappa shape index (κ3) is 3.09. The lowest BCUT2D eigenvalue weighted by Gasteiger charge is -2.37.